The van der Waals surface area contributed by atoms with E-state index in [1.165, 1.54) is 0 Å². The molecule has 0 radical (unpaired) electrons. The minimum absolute atomic E-state index is 0.0527. The molecule has 0 spiro atoms. The predicted octanol–water partition coefficient (Wildman–Crippen LogP) is 4.20. The third-order valence-electron chi connectivity index (χ3n) is 4.50. The summed E-state index contributed by atoms with van der Waals surface area (Å²) >= 11 is 0. The maximum atomic E-state index is 13.6. The minimum atomic E-state index is -0.517. The molecule has 2 aromatic carbocycles. The van der Waals surface area contributed by atoms with Gasteiger partial charge in [0.25, 0.3) is 0 Å². The lowest BCUT2D eigenvalue weighted by Crippen LogP contribution is -2.12. The maximum absolute atomic E-state index is 13.6. The third-order valence-corrected chi connectivity index (χ3v) is 4.50. The van der Waals surface area contributed by atoms with Crippen LogP contribution in [0.5, 0.6) is 0 Å². The first-order valence-electron chi connectivity index (χ1n) is 8.85. The van der Waals surface area contributed by atoms with Gasteiger partial charge in [0, 0.05) is 23.6 Å². The van der Waals surface area contributed by atoms with Crippen LogP contribution in [0.2, 0.25) is 0 Å². The molecule has 3 aromatic rings. The highest BCUT2D eigenvalue weighted by atomic mass is 19.1. The highest BCUT2D eigenvalue weighted by Gasteiger charge is 2.27. The zero-order valence-corrected chi connectivity index (χ0v) is 14.5. The first-order valence-corrected chi connectivity index (χ1v) is 8.85. The van der Waals surface area contributed by atoms with Crippen molar-refractivity contribution in [2.75, 3.05) is 5.32 Å². The van der Waals surface area contributed by atoms with Gasteiger partial charge in [-0.2, -0.15) is 5.10 Å². The lowest BCUT2D eigenvalue weighted by Gasteiger charge is -2.07. The topological polar surface area (TPSA) is 70.7 Å². The number of anilines is 1. The number of nitrogens with zero attached hydrogens (tertiary/aromatic N) is 2. The number of rotatable bonds is 6. The molecule has 0 aliphatic heterocycles. The second-order valence-electron chi connectivity index (χ2n) is 6.68. The number of hydrogen-bond acceptors (Lipinski definition) is 3. The van der Waals surface area contributed by atoms with E-state index in [0.717, 1.165) is 42.4 Å². The smallest absolute Gasteiger partial charge is 0.224 e. The summed E-state index contributed by atoms with van der Waals surface area (Å²) in [7, 11) is 0. The van der Waals surface area contributed by atoms with Gasteiger partial charge in [0.2, 0.25) is 5.91 Å². The number of halogens is 2. The molecule has 1 heterocycles. The van der Waals surface area contributed by atoms with Gasteiger partial charge in [-0.1, -0.05) is 12.1 Å². The van der Waals surface area contributed by atoms with Gasteiger partial charge in [0.15, 0.2) is 5.82 Å². The summed E-state index contributed by atoms with van der Waals surface area (Å²) in [6.07, 6.45) is 2.45. The molecule has 138 valence electrons. The van der Waals surface area contributed by atoms with Crippen LogP contribution in [-0.2, 0) is 11.2 Å². The summed E-state index contributed by atoms with van der Waals surface area (Å²) < 4.78 is 26.8. The Hall–Kier alpha value is -3.09. The molecule has 4 rings (SSSR count). The Kier molecular flexibility index (Phi) is 4.66. The summed E-state index contributed by atoms with van der Waals surface area (Å²) in [6.45, 7) is 0. The third kappa shape index (κ3) is 4.19. The molecule has 0 saturated heterocycles. The average molecular weight is 368 g/mol. The van der Waals surface area contributed by atoms with Gasteiger partial charge in [-0.05, 0) is 55.2 Å². The molecule has 27 heavy (non-hydrogen) atoms. The molecular weight excluding hydrogens is 350 g/mol. The fourth-order valence-corrected chi connectivity index (χ4v) is 2.89. The fourth-order valence-electron chi connectivity index (χ4n) is 2.89. The van der Waals surface area contributed by atoms with Crippen molar-refractivity contribution in [3.8, 4) is 11.4 Å². The molecule has 1 amide bonds. The fraction of sp³-hybridized carbons (Fsp3) is 0.250. The summed E-state index contributed by atoms with van der Waals surface area (Å²) in [5.74, 6) is 0.673. The van der Waals surface area contributed by atoms with Crippen LogP contribution in [0.3, 0.4) is 0 Å². The Bertz CT molecular complexity index is 982. The van der Waals surface area contributed by atoms with Crippen LogP contribution in [0, 0.1) is 11.6 Å². The Morgan fingerprint density at radius 2 is 2.04 bits per heavy atom. The second-order valence-corrected chi connectivity index (χ2v) is 6.68. The largest absolute Gasteiger partial charge is 0.326 e. The molecule has 5 nitrogen and oxygen atoms in total. The molecule has 1 aromatic heterocycles. The Labute approximate surface area is 154 Å². The van der Waals surface area contributed by atoms with Gasteiger partial charge < -0.3 is 5.32 Å². The van der Waals surface area contributed by atoms with Gasteiger partial charge >= 0.3 is 0 Å². The van der Waals surface area contributed by atoms with Gasteiger partial charge in [-0.3, -0.25) is 9.89 Å². The molecule has 0 atom stereocenters. The van der Waals surface area contributed by atoms with Crippen molar-refractivity contribution in [1.82, 2.24) is 15.2 Å². The number of benzene rings is 2. The van der Waals surface area contributed by atoms with Crippen molar-refractivity contribution in [1.29, 1.82) is 0 Å². The van der Waals surface area contributed by atoms with Gasteiger partial charge in [-0.15, -0.1) is 0 Å². The van der Waals surface area contributed by atoms with Gasteiger partial charge in [0.05, 0.1) is 0 Å². The van der Waals surface area contributed by atoms with E-state index in [2.05, 4.69) is 20.5 Å². The van der Waals surface area contributed by atoms with Gasteiger partial charge in [-0.25, -0.2) is 13.8 Å². The van der Waals surface area contributed by atoms with E-state index >= 15 is 0 Å². The first kappa shape index (κ1) is 17.3. The SMILES string of the molecule is O=C(CCc1cc(F)ccc1F)Nc1cccc(-c2n[nH]c(C3CC3)n2)c1. The van der Waals surface area contributed by atoms with Crippen LogP contribution in [-0.4, -0.2) is 21.1 Å². The lowest BCUT2D eigenvalue weighted by molar-refractivity contribution is -0.116. The monoisotopic (exact) mass is 368 g/mol. The first-order chi connectivity index (χ1) is 13.1. The zero-order chi connectivity index (χ0) is 18.8. The molecule has 1 aliphatic carbocycles. The minimum Gasteiger partial charge on any atom is -0.326 e. The Balaban J connectivity index is 1.40. The molecule has 7 heteroatoms. The number of hydrogen-bond donors (Lipinski definition) is 2. The highest BCUT2D eigenvalue weighted by Crippen LogP contribution is 2.38. The van der Waals surface area contributed by atoms with E-state index in [4.69, 9.17) is 0 Å². The van der Waals surface area contributed by atoms with Crippen LogP contribution in [0.1, 0.15) is 36.6 Å². The van der Waals surface area contributed by atoms with E-state index in [-0.39, 0.29) is 24.3 Å². The van der Waals surface area contributed by atoms with E-state index < -0.39 is 11.6 Å². The van der Waals surface area contributed by atoms with Crippen LogP contribution in [0.15, 0.2) is 42.5 Å². The molecule has 1 saturated carbocycles. The average Bonchev–Trinajstić information content (AvgIpc) is 3.39. The van der Waals surface area contributed by atoms with Crippen molar-refractivity contribution in [3.05, 3.63) is 65.5 Å². The number of aromatic nitrogens is 3. The summed E-state index contributed by atoms with van der Waals surface area (Å²) in [4.78, 5) is 16.7. The quantitative estimate of drug-likeness (QED) is 0.685. The number of aryl methyl sites for hydroxylation is 1. The number of carbonyl (C=O) groups excluding carboxylic acids is 1. The maximum Gasteiger partial charge on any atom is 0.224 e. The summed E-state index contributed by atoms with van der Waals surface area (Å²) in [5, 5.41) is 9.97. The van der Waals surface area contributed by atoms with Crippen LogP contribution >= 0.6 is 0 Å². The van der Waals surface area contributed by atoms with Crippen LogP contribution < -0.4 is 5.32 Å². The number of nitrogens with one attached hydrogen (secondary N) is 2. The van der Waals surface area contributed by atoms with Crippen LogP contribution in [0.25, 0.3) is 11.4 Å². The normalized spacial score (nSPS) is 13.6. The lowest BCUT2D eigenvalue weighted by atomic mass is 10.1. The highest BCUT2D eigenvalue weighted by molar-refractivity contribution is 5.91. The van der Waals surface area contributed by atoms with E-state index in [0.29, 0.717) is 17.4 Å². The molecule has 0 bridgehead atoms. The zero-order valence-electron chi connectivity index (χ0n) is 14.5. The van der Waals surface area contributed by atoms with E-state index in [1.54, 1.807) is 12.1 Å². The molecule has 1 fully saturated rings. The van der Waals surface area contributed by atoms with Crippen molar-refractivity contribution < 1.29 is 13.6 Å². The van der Waals surface area contributed by atoms with Crippen molar-refractivity contribution in [2.24, 2.45) is 0 Å². The van der Waals surface area contributed by atoms with Crippen LogP contribution in [0.4, 0.5) is 14.5 Å². The molecular formula is C20H18F2N4O. The van der Waals surface area contributed by atoms with E-state index in [9.17, 15) is 13.6 Å². The van der Waals surface area contributed by atoms with Gasteiger partial charge in [0.1, 0.15) is 17.5 Å². The van der Waals surface area contributed by atoms with Crippen molar-refractivity contribution >= 4 is 11.6 Å². The van der Waals surface area contributed by atoms with E-state index in [1.807, 2.05) is 12.1 Å². The summed E-state index contributed by atoms with van der Waals surface area (Å²) in [5.41, 5.74) is 1.59. The number of H-pyrrole nitrogens is 1. The predicted molar refractivity (Wildman–Crippen MR) is 97.1 cm³/mol. The summed E-state index contributed by atoms with van der Waals surface area (Å²) in [6, 6.07) is 10.5. The number of amides is 1. The number of carbonyl (C=O) groups is 1. The Morgan fingerprint density at radius 1 is 1.19 bits per heavy atom. The van der Waals surface area contributed by atoms with Crippen molar-refractivity contribution in [2.45, 2.75) is 31.6 Å². The molecule has 1 aliphatic rings. The second kappa shape index (κ2) is 7.26. The Morgan fingerprint density at radius 3 is 2.85 bits per heavy atom. The molecule has 2 N–H and O–H groups in total. The molecule has 0 unspecified atom stereocenters. The standard InChI is InChI=1S/C20H18F2N4O/c21-15-7-8-17(22)13(10-15)6-9-18(27)23-16-3-1-2-14(11-16)20-24-19(25-26-20)12-4-5-12/h1-3,7-8,10-12H,4-6,9H2,(H,23,27)(H,24,25,26). The number of aromatic amines is 1. The van der Waals surface area contributed by atoms with Crippen molar-refractivity contribution in [3.63, 3.8) is 0 Å².